The summed E-state index contributed by atoms with van der Waals surface area (Å²) in [5.41, 5.74) is 0.616. The van der Waals surface area contributed by atoms with Gasteiger partial charge in [-0.2, -0.15) is 21.4 Å². The van der Waals surface area contributed by atoms with Gasteiger partial charge in [0, 0.05) is 5.41 Å². The minimum Gasteiger partial charge on any atom is -0.199 e. The zero-order valence-corrected chi connectivity index (χ0v) is 10.7. The zero-order chi connectivity index (χ0) is 13.6. The summed E-state index contributed by atoms with van der Waals surface area (Å²) in [6.07, 6.45) is 1.38. The molecule has 1 aromatic carbocycles. The lowest BCUT2D eigenvalue weighted by atomic mass is 9.87. The van der Waals surface area contributed by atoms with E-state index in [1.54, 1.807) is 38.1 Å². The number of rotatable bonds is 3. The maximum atomic E-state index is 12.1. The molecule has 1 aromatic rings. The maximum Gasteiger partial charge on any atom is 0.359 e. The van der Waals surface area contributed by atoms with Crippen molar-refractivity contribution in [1.82, 2.24) is 0 Å². The molecule has 98 valence electrons. The van der Waals surface area contributed by atoms with Gasteiger partial charge in [0.05, 0.1) is 4.91 Å². The lowest BCUT2D eigenvalue weighted by molar-refractivity contribution is -0.0438. The van der Waals surface area contributed by atoms with Crippen molar-refractivity contribution in [3.05, 3.63) is 40.3 Å². The van der Waals surface area contributed by atoms with Gasteiger partial charge in [0.25, 0.3) is 10.1 Å². The van der Waals surface area contributed by atoms with Crippen LogP contribution < -0.4 is 0 Å². The fraction of sp³-hybridized carbons (Fsp3) is 0.333. The van der Waals surface area contributed by atoms with Crippen LogP contribution in [0.3, 0.4) is 0 Å². The molecular formula is C12H12F2O3S. The van der Waals surface area contributed by atoms with Gasteiger partial charge in [0.1, 0.15) is 0 Å². The van der Waals surface area contributed by atoms with Crippen LogP contribution >= 0.6 is 0 Å². The molecule has 18 heavy (non-hydrogen) atoms. The van der Waals surface area contributed by atoms with Gasteiger partial charge in [0.15, 0.2) is 0 Å². The predicted molar refractivity (Wildman–Crippen MR) is 63.5 cm³/mol. The molecule has 6 heteroatoms. The van der Waals surface area contributed by atoms with Gasteiger partial charge in [-0.15, -0.1) is 0 Å². The molecule has 3 nitrogen and oxygen atoms in total. The Labute approximate surface area is 104 Å². The fourth-order valence-corrected chi connectivity index (χ4v) is 3.48. The molecule has 1 aliphatic rings. The Morgan fingerprint density at radius 3 is 2.39 bits per heavy atom. The summed E-state index contributed by atoms with van der Waals surface area (Å²) in [7, 11) is -4.42. The van der Waals surface area contributed by atoms with E-state index in [0.29, 0.717) is 5.56 Å². The van der Waals surface area contributed by atoms with Crippen molar-refractivity contribution in [1.29, 1.82) is 0 Å². The molecule has 0 atom stereocenters. The Morgan fingerprint density at radius 1 is 1.22 bits per heavy atom. The molecule has 2 rings (SSSR count). The summed E-state index contributed by atoms with van der Waals surface area (Å²) >= 11 is 0. The highest BCUT2D eigenvalue weighted by Gasteiger charge is 2.41. The number of fused-ring (bicyclic) bond motifs is 1. The fourth-order valence-electron chi connectivity index (χ4n) is 2.18. The maximum absolute atomic E-state index is 12.1. The zero-order valence-electron chi connectivity index (χ0n) is 9.85. The summed E-state index contributed by atoms with van der Waals surface area (Å²) < 4.78 is 51.5. The number of hydrogen-bond donors (Lipinski definition) is 0. The van der Waals surface area contributed by atoms with Crippen LogP contribution in [-0.2, 0) is 19.7 Å². The first-order chi connectivity index (χ1) is 8.25. The van der Waals surface area contributed by atoms with Crippen LogP contribution in [0.15, 0.2) is 29.2 Å². The molecule has 0 bridgehead atoms. The van der Waals surface area contributed by atoms with Crippen LogP contribution in [0.2, 0.25) is 0 Å². The molecule has 0 radical (unpaired) electrons. The quantitative estimate of drug-likeness (QED) is 0.796. The largest absolute Gasteiger partial charge is 0.359 e. The van der Waals surface area contributed by atoms with Gasteiger partial charge >= 0.3 is 6.61 Å². The van der Waals surface area contributed by atoms with Crippen LogP contribution in [-0.4, -0.2) is 15.0 Å². The van der Waals surface area contributed by atoms with Gasteiger partial charge in [-0.1, -0.05) is 38.1 Å². The second-order valence-corrected chi connectivity index (χ2v) is 6.07. The van der Waals surface area contributed by atoms with Crippen molar-refractivity contribution in [3.63, 3.8) is 0 Å². The molecule has 0 heterocycles. The molecule has 0 fully saturated rings. The predicted octanol–water partition coefficient (Wildman–Crippen LogP) is 2.89. The van der Waals surface area contributed by atoms with Crippen molar-refractivity contribution >= 4 is 16.2 Å². The van der Waals surface area contributed by atoms with Gasteiger partial charge in [-0.3, -0.25) is 0 Å². The van der Waals surface area contributed by atoms with E-state index in [2.05, 4.69) is 4.18 Å². The Bertz CT molecular complexity index is 604. The van der Waals surface area contributed by atoms with E-state index in [4.69, 9.17) is 0 Å². The molecule has 0 saturated heterocycles. The van der Waals surface area contributed by atoms with Crippen LogP contribution in [0.4, 0.5) is 8.78 Å². The summed E-state index contributed by atoms with van der Waals surface area (Å²) in [4.78, 5) is -0.142. The first kappa shape index (κ1) is 13.2. The van der Waals surface area contributed by atoms with Gasteiger partial charge in [-0.25, -0.2) is 0 Å². The number of benzene rings is 1. The van der Waals surface area contributed by atoms with Gasteiger partial charge in [-0.05, 0) is 17.2 Å². The van der Waals surface area contributed by atoms with Gasteiger partial charge < -0.3 is 0 Å². The van der Waals surface area contributed by atoms with Crippen LogP contribution in [0.1, 0.15) is 25.0 Å². The third-order valence-corrected chi connectivity index (χ3v) is 4.57. The lowest BCUT2D eigenvalue weighted by Gasteiger charge is -2.23. The van der Waals surface area contributed by atoms with Crippen molar-refractivity contribution in [2.75, 3.05) is 0 Å². The van der Waals surface area contributed by atoms with E-state index in [1.807, 2.05) is 0 Å². The van der Waals surface area contributed by atoms with E-state index >= 15 is 0 Å². The summed E-state index contributed by atoms with van der Waals surface area (Å²) in [5.74, 6) is 0. The molecule has 1 aliphatic carbocycles. The Morgan fingerprint density at radius 2 is 1.83 bits per heavy atom. The molecular weight excluding hydrogens is 262 g/mol. The van der Waals surface area contributed by atoms with Crippen molar-refractivity contribution in [3.8, 4) is 0 Å². The minimum atomic E-state index is -4.42. The SMILES string of the molecule is CC1(C)C(S(=O)(=O)OC(F)F)=Cc2ccccc21. The highest BCUT2D eigenvalue weighted by molar-refractivity contribution is 7.91. The minimum absolute atomic E-state index is 0.142. The molecule has 0 aromatic heterocycles. The summed E-state index contributed by atoms with van der Waals surface area (Å²) in [5, 5.41) is 0. The molecule has 0 spiro atoms. The van der Waals surface area contributed by atoms with Crippen LogP contribution in [0.25, 0.3) is 6.08 Å². The van der Waals surface area contributed by atoms with Crippen LogP contribution in [0, 0.1) is 0 Å². The smallest absolute Gasteiger partial charge is 0.199 e. The van der Waals surface area contributed by atoms with E-state index < -0.39 is 22.1 Å². The Balaban J connectivity index is 2.51. The van der Waals surface area contributed by atoms with E-state index in [9.17, 15) is 17.2 Å². The van der Waals surface area contributed by atoms with Crippen LogP contribution in [0.5, 0.6) is 0 Å². The van der Waals surface area contributed by atoms with E-state index in [1.165, 1.54) is 6.08 Å². The molecule has 0 unspecified atom stereocenters. The summed E-state index contributed by atoms with van der Waals surface area (Å²) in [6.45, 7) is -0.0240. The summed E-state index contributed by atoms with van der Waals surface area (Å²) in [6, 6.07) is 7.05. The normalized spacial score (nSPS) is 17.7. The molecule has 0 amide bonds. The third kappa shape index (κ3) is 2.06. The Hall–Kier alpha value is -1.27. The molecule has 0 N–H and O–H groups in total. The average molecular weight is 274 g/mol. The lowest BCUT2D eigenvalue weighted by Crippen LogP contribution is -2.25. The van der Waals surface area contributed by atoms with Crippen molar-refractivity contribution < 1.29 is 21.4 Å². The monoisotopic (exact) mass is 274 g/mol. The number of halogens is 2. The second kappa shape index (κ2) is 4.13. The first-order valence-electron chi connectivity index (χ1n) is 5.28. The van der Waals surface area contributed by atoms with E-state index in [0.717, 1.165) is 5.56 Å². The Kier molecular flexibility index (Phi) is 3.03. The second-order valence-electron chi connectivity index (χ2n) is 4.53. The third-order valence-electron chi connectivity index (χ3n) is 3.01. The number of alkyl halides is 2. The topological polar surface area (TPSA) is 43.4 Å². The molecule has 0 saturated carbocycles. The first-order valence-corrected chi connectivity index (χ1v) is 6.69. The van der Waals surface area contributed by atoms with Crippen molar-refractivity contribution in [2.24, 2.45) is 0 Å². The van der Waals surface area contributed by atoms with Crippen molar-refractivity contribution in [2.45, 2.75) is 25.9 Å². The highest BCUT2D eigenvalue weighted by atomic mass is 32.2. The highest BCUT2D eigenvalue weighted by Crippen LogP contribution is 2.44. The number of allylic oxidation sites excluding steroid dienone is 1. The number of hydrogen-bond acceptors (Lipinski definition) is 3. The van der Waals surface area contributed by atoms with Gasteiger partial charge in [0.2, 0.25) is 0 Å². The van der Waals surface area contributed by atoms with E-state index in [-0.39, 0.29) is 4.91 Å². The standard InChI is InChI=1S/C12H12F2O3S/c1-12(2)9-6-4-3-5-8(9)7-10(12)18(15,16)17-11(13)14/h3-7,11H,1-2H3. The molecule has 0 aliphatic heterocycles. The average Bonchev–Trinajstić information content (AvgIpc) is 2.50.